The second kappa shape index (κ2) is 21.4. The van der Waals surface area contributed by atoms with E-state index < -0.39 is 29.3 Å². The number of hydrogen-bond acceptors (Lipinski definition) is 6. The van der Waals surface area contributed by atoms with Gasteiger partial charge in [-0.2, -0.15) is 0 Å². The highest BCUT2D eigenvalue weighted by molar-refractivity contribution is 5.80. The van der Waals surface area contributed by atoms with E-state index in [0.717, 1.165) is 32.1 Å². The third-order valence-electron chi connectivity index (χ3n) is 6.19. The number of ether oxygens (including phenoxy) is 2. The summed E-state index contributed by atoms with van der Waals surface area (Å²) in [7, 11) is 0. The van der Waals surface area contributed by atoms with Gasteiger partial charge in [0.15, 0.2) is 0 Å². The van der Waals surface area contributed by atoms with Crippen molar-refractivity contribution in [1.29, 1.82) is 0 Å². The number of carboxylic acid groups (broad SMARTS) is 1. The fraction of sp³-hybridized carbons (Fsp3) is 0.871. The Labute approximate surface area is 242 Å². The van der Waals surface area contributed by atoms with Crippen molar-refractivity contribution in [3.63, 3.8) is 0 Å². The molecule has 9 heteroatoms. The van der Waals surface area contributed by atoms with E-state index in [9.17, 15) is 24.3 Å². The first-order valence-corrected chi connectivity index (χ1v) is 15.4. The molecular weight excluding hydrogens is 512 g/mol. The van der Waals surface area contributed by atoms with E-state index in [0.29, 0.717) is 32.2 Å². The molecule has 3 N–H and O–H groups in total. The van der Waals surface area contributed by atoms with Crippen LogP contribution >= 0.6 is 0 Å². The molecule has 1 atom stereocenters. The number of carboxylic acids is 1. The number of carbonyl (C=O) groups excluding carboxylic acids is 3. The molecule has 0 saturated heterocycles. The lowest BCUT2D eigenvalue weighted by Gasteiger charge is -2.22. The summed E-state index contributed by atoms with van der Waals surface area (Å²) in [4.78, 5) is 46.9. The number of amides is 2. The second-order valence-corrected chi connectivity index (χ2v) is 12.7. The molecule has 0 aromatic rings. The zero-order valence-electron chi connectivity index (χ0n) is 26.2. The van der Waals surface area contributed by atoms with Crippen LogP contribution in [0.1, 0.15) is 151 Å². The molecule has 0 rings (SSSR count). The molecule has 0 aromatic carbocycles. The highest BCUT2D eigenvalue weighted by Gasteiger charge is 2.23. The highest BCUT2D eigenvalue weighted by atomic mass is 16.6. The number of aliphatic carboxylic acids is 1. The molecule has 0 fully saturated rings. The van der Waals surface area contributed by atoms with Crippen molar-refractivity contribution in [2.75, 3.05) is 6.54 Å². The molecular formula is C31H58N2O7. The van der Waals surface area contributed by atoms with E-state index in [4.69, 9.17) is 9.47 Å². The van der Waals surface area contributed by atoms with E-state index in [1.807, 2.05) is 20.8 Å². The lowest BCUT2D eigenvalue weighted by atomic mass is 10.0. The zero-order valence-corrected chi connectivity index (χ0v) is 26.2. The van der Waals surface area contributed by atoms with Crippen LogP contribution in [0.5, 0.6) is 0 Å². The summed E-state index contributed by atoms with van der Waals surface area (Å²) in [6.45, 7) is 11.4. The van der Waals surface area contributed by atoms with Gasteiger partial charge in [0.1, 0.15) is 17.2 Å². The Morgan fingerprint density at radius 2 is 1.07 bits per heavy atom. The molecule has 0 aliphatic carbocycles. The summed E-state index contributed by atoms with van der Waals surface area (Å²) in [5.74, 6) is -1.16. The average Bonchev–Trinajstić information content (AvgIpc) is 2.80. The number of alkyl carbamates (subject to hydrolysis) is 1. The maximum Gasteiger partial charge on any atom is 0.408 e. The van der Waals surface area contributed by atoms with Gasteiger partial charge >= 0.3 is 18.0 Å². The molecule has 0 saturated carbocycles. The fourth-order valence-electron chi connectivity index (χ4n) is 4.21. The van der Waals surface area contributed by atoms with Gasteiger partial charge in [-0.25, -0.2) is 9.59 Å². The lowest BCUT2D eigenvalue weighted by molar-refractivity contribution is -0.155. The summed E-state index contributed by atoms with van der Waals surface area (Å²) in [5.41, 5.74) is -1.08. The van der Waals surface area contributed by atoms with Crippen molar-refractivity contribution in [3.05, 3.63) is 0 Å². The van der Waals surface area contributed by atoms with Crippen LogP contribution in [0, 0.1) is 0 Å². The van der Waals surface area contributed by atoms with Gasteiger partial charge < -0.3 is 25.2 Å². The van der Waals surface area contributed by atoms with Crippen LogP contribution in [0.4, 0.5) is 4.79 Å². The normalized spacial score (nSPS) is 12.4. The Morgan fingerprint density at radius 1 is 0.625 bits per heavy atom. The first kappa shape index (κ1) is 37.7. The van der Waals surface area contributed by atoms with Gasteiger partial charge in [0.05, 0.1) is 0 Å². The molecule has 0 aromatic heterocycles. The Bertz CT molecular complexity index is 726. The average molecular weight is 571 g/mol. The van der Waals surface area contributed by atoms with E-state index in [1.54, 1.807) is 20.8 Å². The monoisotopic (exact) mass is 570 g/mol. The van der Waals surface area contributed by atoms with Crippen molar-refractivity contribution in [2.24, 2.45) is 0 Å². The topological polar surface area (TPSA) is 131 Å². The maximum absolute atomic E-state index is 12.0. The van der Waals surface area contributed by atoms with E-state index in [1.165, 1.54) is 44.9 Å². The van der Waals surface area contributed by atoms with Crippen LogP contribution in [0.15, 0.2) is 0 Å². The van der Waals surface area contributed by atoms with Gasteiger partial charge in [0.25, 0.3) is 0 Å². The predicted octanol–water partition coefficient (Wildman–Crippen LogP) is 7.05. The molecule has 2 amide bonds. The van der Waals surface area contributed by atoms with E-state index >= 15 is 0 Å². The number of rotatable bonds is 22. The number of unbranched alkanes of at least 4 members (excludes halogenated alkanes) is 12. The maximum atomic E-state index is 12.0. The predicted molar refractivity (Wildman–Crippen MR) is 158 cm³/mol. The Kier molecular flexibility index (Phi) is 20.2. The Hall–Kier alpha value is -2.32. The Balaban J connectivity index is 3.57. The molecule has 0 heterocycles. The summed E-state index contributed by atoms with van der Waals surface area (Å²) in [6.07, 6.45) is 15.5. The summed E-state index contributed by atoms with van der Waals surface area (Å²) in [6, 6.07) is -1.01. The quantitative estimate of drug-likeness (QED) is 0.0938. The van der Waals surface area contributed by atoms with Crippen molar-refractivity contribution in [2.45, 2.75) is 168 Å². The van der Waals surface area contributed by atoms with Gasteiger partial charge in [-0.05, 0) is 73.6 Å². The van der Waals surface area contributed by atoms with Gasteiger partial charge in [-0.1, -0.05) is 64.2 Å². The van der Waals surface area contributed by atoms with Crippen LogP contribution in [-0.4, -0.2) is 52.8 Å². The van der Waals surface area contributed by atoms with Crippen LogP contribution in [0.2, 0.25) is 0 Å². The fourth-order valence-corrected chi connectivity index (χ4v) is 4.21. The van der Waals surface area contributed by atoms with Crippen molar-refractivity contribution in [3.8, 4) is 0 Å². The largest absolute Gasteiger partial charge is 0.480 e. The summed E-state index contributed by atoms with van der Waals surface area (Å²) < 4.78 is 10.4. The first-order chi connectivity index (χ1) is 18.7. The number of nitrogens with one attached hydrogen (secondary N) is 2. The molecule has 0 spiro atoms. The molecule has 0 radical (unpaired) electrons. The van der Waals surface area contributed by atoms with Crippen LogP contribution in [0.3, 0.4) is 0 Å². The van der Waals surface area contributed by atoms with E-state index in [-0.39, 0.29) is 18.3 Å². The number of hydrogen-bond donors (Lipinski definition) is 3. The highest BCUT2D eigenvalue weighted by Crippen LogP contribution is 2.15. The Morgan fingerprint density at radius 3 is 1.52 bits per heavy atom. The van der Waals surface area contributed by atoms with Crippen molar-refractivity contribution < 1.29 is 33.8 Å². The van der Waals surface area contributed by atoms with Crippen LogP contribution in [0.25, 0.3) is 0 Å². The van der Waals surface area contributed by atoms with Crippen molar-refractivity contribution in [1.82, 2.24) is 10.6 Å². The smallest absolute Gasteiger partial charge is 0.408 e. The molecule has 0 unspecified atom stereocenters. The molecule has 40 heavy (non-hydrogen) atoms. The zero-order chi connectivity index (χ0) is 30.4. The molecule has 0 bridgehead atoms. The van der Waals surface area contributed by atoms with Gasteiger partial charge in [0.2, 0.25) is 5.91 Å². The van der Waals surface area contributed by atoms with Gasteiger partial charge in [-0.15, -0.1) is 0 Å². The van der Waals surface area contributed by atoms with Gasteiger partial charge in [0, 0.05) is 19.4 Å². The third kappa shape index (κ3) is 25.9. The lowest BCUT2D eigenvalue weighted by Crippen LogP contribution is -2.43. The minimum atomic E-state index is -1.10. The minimum absolute atomic E-state index is 0.0350. The first-order valence-electron chi connectivity index (χ1n) is 15.4. The molecule has 234 valence electrons. The minimum Gasteiger partial charge on any atom is -0.480 e. The second-order valence-electron chi connectivity index (χ2n) is 12.7. The molecule has 9 nitrogen and oxygen atoms in total. The number of carbonyl (C=O) groups is 4. The van der Waals surface area contributed by atoms with Crippen LogP contribution < -0.4 is 10.6 Å². The van der Waals surface area contributed by atoms with E-state index in [2.05, 4.69) is 10.6 Å². The number of esters is 1. The third-order valence-corrected chi connectivity index (χ3v) is 6.19. The van der Waals surface area contributed by atoms with Gasteiger partial charge in [-0.3, -0.25) is 9.59 Å². The molecule has 0 aliphatic rings. The molecule has 0 aliphatic heterocycles. The van der Waals surface area contributed by atoms with Crippen LogP contribution in [-0.2, 0) is 23.9 Å². The van der Waals surface area contributed by atoms with Crippen molar-refractivity contribution >= 4 is 23.9 Å². The standard InChI is InChI=1S/C31H58N2O7/c1-30(2,3)39-27(35)23-18-16-14-12-10-8-7-9-11-13-15-17-22-26(34)32-24-20-19-21-25(28(36)37)33-29(38)40-31(4,5)6/h25H,7-24H2,1-6H3,(H,32,34)(H,33,38)(H,36,37)/t25-/m0/s1. The summed E-state index contributed by atoms with van der Waals surface area (Å²) in [5, 5.41) is 14.6. The summed E-state index contributed by atoms with van der Waals surface area (Å²) >= 11 is 0. The SMILES string of the molecule is CC(C)(C)OC(=O)CCCCCCCCCCCCCCC(=O)NCCCC[C@H](NC(=O)OC(C)(C)C)C(=O)O.